The van der Waals surface area contributed by atoms with E-state index in [0.29, 0.717) is 16.2 Å². The normalized spacial score (nSPS) is 13.0. The lowest BCUT2D eigenvalue weighted by atomic mass is 10.2. The van der Waals surface area contributed by atoms with E-state index < -0.39 is 0 Å². The minimum absolute atomic E-state index is 0.00385. The molecule has 3 aromatic heterocycles. The predicted octanol–water partition coefficient (Wildman–Crippen LogP) is 5.72. The molecule has 1 aromatic carbocycles. The topological polar surface area (TPSA) is 58.6 Å². The molecule has 0 radical (unpaired) electrons. The summed E-state index contributed by atoms with van der Waals surface area (Å²) in [6.45, 7) is 6.02. The maximum Gasteiger partial charge on any atom is 0.259 e. The Hall–Kier alpha value is -1.41. The van der Waals surface area contributed by atoms with Crippen LogP contribution >= 0.6 is 46.0 Å². The molecular formula is C17H14ClN3OS3. The van der Waals surface area contributed by atoms with Crippen molar-refractivity contribution in [3.63, 3.8) is 0 Å². The number of rotatable bonds is 3. The van der Waals surface area contributed by atoms with E-state index in [1.165, 1.54) is 0 Å². The number of aryl methyl sites for hydroxylation is 2. The first-order valence-electron chi connectivity index (χ1n) is 7.65. The lowest BCUT2D eigenvalue weighted by molar-refractivity contribution is 0.924. The molecule has 0 aliphatic rings. The second-order valence-corrected chi connectivity index (χ2v) is 10.0. The average molecular weight is 408 g/mol. The molecule has 25 heavy (non-hydrogen) atoms. The first-order chi connectivity index (χ1) is 11.9. The fourth-order valence-electron chi connectivity index (χ4n) is 2.60. The van der Waals surface area contributed by atoms with Gasteiger partial charge in [-0.05, 0) is 44.5 Å². The quantitative estimate of drug-likeness (QED) is 0.441. The third-order valence-corrected chi connectivity index (χ3v) is 7.63. The highest BCUT2D eigenvalue weighted by Gasteiger charge is 2.17. The van der Waals surface area contributed by atoms with E-state index in [4.69, 9.17) is 11.6 Å². The van der Waals surface area contributed by atoms with Gasteiger partial charge in [-0.3, -0.25) is 4.79 Å². The van der Waals surface area contributed by atoms with Gasteiger partial charge in [-0.15, -0.1) is 22.7 Å². The molecule has 4 aromatic rings. The van der Waals surface area contributed by atoms with Crippen molar-refractivity contribution in [3.05, 3.63) is 49.8 Å². The van der Waals surface area contributed by atoms with Gasteiger partial charge < -0.3 is 4.98 Å². The van der Waals surface area contributed by atoms with Crippen molar-refractivity contribution in [2.75, 3.05) is 0 Å². The summed E-state index contributed by atoms with van der Waals surface area (Å²) in [5.74, 6) is 0.682. The Morgan fingerprint density at radius 1 is 1.24 bits per heavy atom. The molecule has 4 nitrogen and oxygen atoms in total. The Morgan fingerprint density at radius 2 is 2.04 bits per heavy atom. The molecule has 0 saturated heterocycles. The number of hydrogen-bond acceptors (Lipinski definition) is 6. The van der Waals surface area contributed by atoms with Gasteiger partial charge in [-0.1, -0.05) is 23.4 Å². The maximum absolute atomic E-state index is 12.4. The first-order valence-corrected chi connectivity index (χ1v) is 10.5. The molecule has 0 amide bonds. The van der Waals surface area contributed by atoms with Gasteiger partial charge in [0.1, 0.15) is 10.7 Å². The summed E-state index contributed by atoms with van der Waals surface area (Å²) in [5, 5.41) is 1.39. The monoisotopic (exact) mass is 407 g/mol. The number of H-pyrrole nitrogens is 1. The average Bonchev–Trinajstić information content (AvgIpc) is 3.07. The van der Waals surface area contributed by atoms with E-state index in [9.17, 15) is 4.79 Å². The van der Waals surface area contributed by atoms with Crippen LogP contribution in [0.25, 0.3) is 20.4 Å². The predicted molar refractivity (Wildman–Crippen MR) is 109 cm³/mol. The Balaban J connectivity index is 1.69. The minimum Gasteiger partial charge on any atom is -0.309 e. The van der Waals surface area contributed by atoms with Crippen LogP contribution in [0.1, 0.15) is 28.4 Å². The summed E-state index contributed by atoms with van der Waals surface area (Å²) in [7, 11) is 0. The molecule has 4 rings (SSSR count). The van der Waals surface area contributed by atoms with Gasteiger partial charge in [0.15, 0.2) is 4.34 Å². The summed E-state index contributed by atoms with van der Waals surface area (Å²) in [6.07, 6.45) is 0. The number of aromatic nitrogens is 3. The lowest BCUT2D eigenvalue weighted by Crippen LogP contribution is -2.12. The van der Waals surface area contributed by atoms with Crippen molar-refractivity contribution in [3.8, 4) is 0 Å². The highest BCUT2D eigenvalue weighted by atomic mass is 35.5. The van der Waals surface area contributed by atoms with E-state index in [0.717, 1.165) is 29.8 Å². The van der Waals surface area contributed by atoms with Crippen molar-refractivity contribution in [1.82, 2.24) is 15.0 Å². The Morgan fingerprint density at radius 3 is 2.84 bits per heavy atom. The van der Waals surface area contributed by atoms with Gasteiger partial charge >= 0.3 is 0 Å². The third kappa shape index (κ3) is 3.10. The van der Waals surface area contributed by atoms with E-state index in [2.05, 4.69) is 15.0 Å². The Bertz CT molecular complexity index is 1160. The van der Waals surface area contributed by atoms with E-state index >= 15 is 0 Å². The van der Waals surface area contributed by atoms with Crippen LogP contribution in [-0.2, 0) is 0 Å². The Kier molecular flexibility index (Phi) is 4.35. The van der Waals surface area contributed by atoms with Gasteiger partial charge in [0.25, 0.3) is 5.56 Å². The summed E-state index contributed by atoms with van der Waals surface area (Å²) in [6, 6.07) is 5.72. The molecule has 0 saturated carbocycles. The molecule has 0 fully saturated rings. The van der Waals surface area contributed by atoms with Gasteiger partial charge in [-0.25, -0.2) is 9.97 Å². The van der Waals surface area contributed by atoms with Crippen LogP contribution in [0.2, 0.25) is 5.02 Å². The number of nitrogens with one attached hydrogen (secondary N) is 1. The van der Waals surface area contributed by atoms with E-state index in [1.807, 2.05) is 39.0 Å². The zero-order valence-electron chi connectivity index (χ0n) is 13.7. The number of halogens is 1. The van der Waals surface area contributed by atoms with Gasteiger partial charge in [0.05, 0.1) is 20.9 Å². The molecule has 3 heterocycles. The van der Waals surface area contributed by atoms with E-state index in [-0.39, 0.29) is 10.8 Å². The molecule has 1 N–H and O–H groups in total. The number of aromatic amines is 1. The van der Waals surface area contributed by atoms with Crippen LogP contribution in [0, 0.1) is 13.8 Å². The SMILES string of the molecule is Cc1sc2nc([C@H](C)Sc3nc4cc(Cl)ccc4s3)[nH]c(=O)c2c1C. The molecule has 1 atom stereocenters. The van der Waals surface area contributed by atoms with Crippen LogP contribution in [0.5, 0.6) is 0 Å². The standard InChI is InChI=1S/C17H14ClN3OS3/c1-7-8(2)23-16-13(7)15(22)20-14(21-16)9(3)24-17-19-11-6-10(18)4-5-12(11)25-17/h4-6,9H,1-3H3,(H,20,21,22)/t9-/m0/s1. The van der Waals surface area contributed by atoms with Gasteiger partial charge in [0.2, 0.25) is 0 Å². The largest absolute Gasteiger partial charge is 0.309 e. The molecule has 0 bridgehead atoms. The maximum atomic E-state index is 12.4. The smallest absolute Gasteiger partial charge is 0.259 e. The first kappa shape index (κ1) is 17.0. The fraction of sp³-hybridized carbons (Fsp3) is 0.235. The van der Waals surface area contributed by atoms with Crippen LogP contribution in [0.3, 0.4) is 0 Å². The third-order valence-electron chi connectivity index (χ3n) is 4.05. The highest BCUT2D eigenvalue weighted by Crippen LogP contribution is 2.38. The molecule has 128 valence electrons. The van der Waals surface area contributed by atoms with Crippen LogP contribution in [-0.4, -0.2) is 15.0 Å². The number of thiazole rings is 1. The molecule has 8 heteroatoms. The number of nitrogens with zero attached hydrogens (tertiary/aromatic N) is 2. The Labute approximate surface area is 161 Å². The summed E-state index contributed by atoms with van der Waals surface area (Å²) in [5.41, 5.74) is 1.85. The molecule has 0 aliphatic carbocycles. The minimum atomic E-state index is -0.0645. The zero-order chi connectivity index (χ0) is 17.7. The molecular weight excluding hydrogens is 394 g/mol. The number of thiophene rings is 1. The van der Waals surface area contributed by atoms with Crippen LogP contribution in [0.15, 0.2) is 27.3 Å². The van der Waals surface area contributed by atoms with E-state index in [1.54, 1.807) is 34.4 Å². The van der Waals surface area contributed by atoms with Gasteiger partial charge in [-0.2, -0.15) is 0 Å². The van der Waals surface area contributed by atoms with Crippen molar-refractivity contribution in [2.24, 2.45) is 0 Å². The van der Waals surface area contributed by atoms with Crippen molar-refractivity contribution >= 4 is 66.5 Å². The number of benzene rings is 1. The van der Waals surface area contributed by atoms with Crippen LogP contribution < -0.4 is 5.56 Å². The zero-order valence-corrected chi connectivity index (χ0v) is 16.9. The number of fused-ring (bicyclic) bond motifs is 2. The number of hydrogen-bond donors (Lipinski definition) is 1. The van der Waals surface area contributed by atoms with Gasteiger partial charge in [0, 0.05) is 9.90 Å². The summed E-state index contributed by atoms with van der Waals surface area (Å²) >= 11 is 10.8. The van der Waals surface area contributed by atoms with Crippen molar-refractivity contribution < 1.29 is 0 Å². The van der Waals surface area contributed by atoms with Crippen molar-refractivity contribution in [1.29, 1.82) is 0 Å². The lowest BCUT2D eigenvalue weighted by Gasteiger charge is -2.08. The van der Waals surface area contributed by atoms with Crippen molar-refractivity contribution in [2.45, 2.75) is 30.4 Å². The molecule has 0 aliphatic heterocycles. The second kappa shape index (κ2) is 6.39. The highest BCUT2D eigenvalue weighted by molar-refractivity contribution is 8.01. The molecule has 0 spiro atoms. The second-order valence-electron chi connectivity index (χ2n) is 5.77. The summed E-state index contributed by atoms with van der Waals surface area (Å²) in [4.78, 5) is 26.6. The number of thioether (sulfide) groups is 1. The summed E-state index contributed by atoms with van der Waals surface area (Å²) < 4.78 is 2.03. The van der Waals surface area contributed by atoms with Crippen LogP contribution in [0.4, 0.5) is 0 Å². The fourth-order valence-corrected chi connectivity index (χ4v) is 6.05. The molecule has 0 unspecified atom stereocenters.